The molecule has 1 fully saturated rings. The van der Waals surface area contributed by atoms with Gasteiger partial charge in [-0.15, -0.1) is 0 Å². The first-order valence-electron chi connectivity index (χ1n) is 5.68. The summed E-state index contributed by atoms with van der Waals surface area (Å²) in [5, 5.41) is 0. The Balaban J connectivity index is 2.27. The minimum absolute atomic E-state index is 0.00657. The van der Waals surface area contributed by atoms with Crippen LogP contribution in [0.3, 0.4) is 0 Å². The zero-order valence-electron chi connectivity index (χ0n) is 9.69. The van der Waals surface area contributed by atoms with Crippen molar-refractivity contribution in [3.05, 3.63) is 28.5 Å². The van der Waals surface area contributed by atoms with Crippen LogP contribution in [0.25, 0.3) is 11.0 Å². The van der Waals surface area contributed by atoms with Crippen LogP contribution in [0.15, 0.2) is 12.1 Å². The van der Waals surface area contributed by atoms with E-state index in [2.05, 4.69) is 4.98 Å². The average molecular weight is 304 g/mol. The number of hydrogen-bond acceptors (Lipinski definition) is 3. The van der Waals surface area contributed by atoms with Gasteiger partial charge in [-0.2, -0.15) is 0 Å². The van der Waals surface area contributed by atoms with Gasteiger partial charge in [0, 0.05) is 0 Å². The molecule has 8 heteroatoms. The highest BCUT2D eigenvalue weighted by Gasteiger charge is 2.31. The second-order valence-electron chi connectivity index (χ2n) is 4.61. The lowest BCUT2D eigenvalue weighted by Gasteiger charge is -2.11. The predicted molar refractivity (Wildman–Crippen MR) is 69.3 cm³/mol. The molecule has 19 heavy (non-hydrogen) atoms. The first-order chi connectivity index (χ1) is 8.89. The van der Waals surface area contributed by atoms with Crippen LogP contribution in [0, 0.1) is 16.4 Å². The van der Waals surface area contributed by atoms with Gasteiger partial charge < -0.3 is 9.55 Å². The smallest absolute Gasteiger partial charge is 0.184 e. The molecular weight excluding hydrogens is 294 g/mol. The maximum atomic E-state index is 13.9. The molecule has 1 N–H and O–H groups in total. The first-order valence-corrected chi connectivity index (χ1v) is 7.90. The number of hydrogen-bond donors (Lipinski definition) is 1. The Labute approximate surface area is 113 Å². The lowest BCUT2D eigenvalue weighted by molar-refractivity contribution is 0.501. The second kappa shape index (κ2) is 4.11. The van der Waals surface area contributed by atoms with Crippen LogP contribution in [-0.4, -0.2) is 29.5 Å². The molecule has 102 valence electrons. The van der Waals surface area contributed by atoms with E-state index in [1.54, 1.807) is 0 Å². The van der Waals surface area contributed by atoms with Crippen molar-refractivity contribution in [3.63, 3.8) is 0 Å². The zero-order valence-corrected chi connectivity index (χ0v) is 11.3. The van der Waals surface area contributed by atoms with E-state index in [-0.39, 0.29) is 21.8 Å². The molecule has 0 spiro atoms. The Hall–Kier alpha value is -1.28. The van der Waals surface area contributed by atoms with Gasteiger partial charge in [-0.1, -0.05) is 0 Å². The minimum Gasteiger partial charge on any atom is -0.330 e. The molecule has 1 aromatic heterocycles. The highest BCUT2D eigenvalue weighted by Crippen LogP contribution is 2.30. The molecule has 2 aromatic rings. The SMILES string of the molecule is O=S1(=O)CCC(n2c(=S)[nH]c3ccc(F)c(F)c32)C1. The summed E-state index contributed by atoms with van der Waals surface area (Å²) in [6.07, 6.45) is 0.361. The quantitative estimate of drug-likeness (QED) is 0.823. The number of rotatable bonds is 1. The fourth-order valence-corrected chi connectivity index (χ4v) is 4.53. The van der Waals surface area contributed by atoms with Crippen molar-refractivity contribution in [2.45, 2.75) is 12.5 Å². The van der Waals surface area contributed by atoms with E-state index in [1.165, 1.54) is 10.6 Å². The van der Waals surface area contributed by atoms with E-state index in [9.17, 15) is 17.2 Å². The molecule has 0 saturated carbocycles. The monoisotopic (exact) mass is 304 g/mol. The van der Waals surface area contributed by atoms with Gasteiger partial charge in [-0.25, -0.2) is 17.2 Å². The van der Waals surface area contributed by atoms with Crippen molar-refractivity contribution < 1.29 is 17.2 Å². The Kier molecular flexibility index (Phi) is 2.75. The molecule has 1 aliphatic rings. The highest BCUT2D eigenvalue weighted by molar-refractivity contribution is 7.91. The van der Waals surface area contributed by atoms with Gasteiger partial charge >= 0.3 is 0 Å². The van der Waals surface area contributed by atoms with Crippen molar-refractivity contribution in [2.75, 3.05) is 11.5 Å². The van der Waals surface area contributed by atoms with Crippen LogP contribution < -0.4 is 0 Å². The van der Waals surface area contributed by atoms with Crippen LogP contribution in [0.1, 0.15) is 12.5 Å². The van der Waals surface area contributed by atoms with Gasteiger partial charge in [0.15, 0.2) is 26.2 Å². The second-order valence-corrected chi connectivity index (χ2v) is 7.23. The van der Waals surface area contributed by atoms with Crippen LogP contribution in [0.5, 0.6) is 0 Å². The van der Waals surface area contributed by atoms with E-state index in [0.29, 0.717) is 11.9 Å². The molecule has 1 unspecified atom stereocenters. The Bertz CT molecular complexity index is 823. The molecule has 0 radical (unpaired) electrons. The van der Waals surface area contributed by atoms with Gasteiger partial charge in [0.05, 0.1) is 23.1 Å². The van der Waals surface area contributed by atoms with Crippen LogP contribution >= 0.6 is 12.2 Å². The summed E-state index contributed by atoms with van der Waals surface area (Å²) >= 11 is 5.09. The van der Waals surface area contributed by atoms with E-state index in [1.807, 2.05) is 0 Å². The molecule has 1 atom stereocenters. The number of aromatic amines is 1. The maximum Gasteiger partial charge on any atom is 0.184 e. The third-order valence-corrected chi connectivity index (χ3v) is 5.39. The molecular formula is C11H10F2N2O2S2. The van der Waals surface area contributed by atoms with Gasteiger partial charge in [0.25, 0.3) is 0 Å². The molecule has 2 heterocycles. The molecule has 0 bridgehead atoms. The van der Waals surface area contributed by atoms with Crippen LogP contribution in [-0.2, 0) is 9.84 Å². The summed E-state index contributed by atoms with van der Waals surface area (Å²) in [6.45, 7) is 0. The number of H-pyrrole nitrogens is 1. The summed E-state index contributed by atoms with van der Waals surface area (Å²) in [7, 11) is -3.13. The number of halogens is 2. The third-order valence-electron chi connectivity index (χ3n) is 3.34. The summed E-state index contributed by atoms with van der Waals surface area (Å²) in [4.78, 5) is 2.78. The fraction of sp³-hybridized carbons (Fsp3) is 0.364. The molecule has 1 saturated heterocycles. The molecule has 0 amide bonds. The van der Waals surface area contributed by atoms with E-state index < -0.39 is 27.5 Å². The topological polar surface area (TPSA) is 54.9 Å². The molecule has 4 nitrogen and oxygen atoms in total. The molecule has 0 aliphatic carbocycles. The number of sulfone groups is 1. The van der Waals surface area contributed by atoms with Gasteiger partial charge in [0.2, 0.25) is 0 Å². The van der Waals surface area contributed by atoms with Gasteiger partial charge in [0.1, 0.15) is 5.52 Å². The van der Waals surface area contributed by atoms with Crippen LogP contribution in [0.2, 0.25) is 0 Å². The zero-order chi connectivity index (χ0) is 13.8. The number of aromatic nitrogens is 2. The lowest BCUT2D eigenvalue weighted by Crippen LogP contribution is -2.12. The summed E-state index contributed by atoms with van der Waals surface area (Å²) in [5.41, 5.74) is 0.375. The number of imidazole rings is 1. The van der Waals surface area contributed by atoms with E-state index in [0.717, 1.165) is 6.07 Å². The van der Waals surface area contributed by atoms with Crippen LogP contribution in [0.4, 0.5) is 8.78 Å². The Morgan fingerprint density at radius 3 is 2.74 bits per heavy atom. The third kappa shape index (κ3) is 1.99. The van der Waals surface area contributed by atoms with Gasteiger partial charge in [-0.3, -0.25) is 0 Å². The maximum absolute atomic E-state index is 13.9. The van der Waals surface area contributed by atoms with E-state index >= 15 is 0 Å². The molecule has 1 aliphatic heterocycles. The normalized spacial score (nSPS) is 22.1. The fourth-order valence-electron chi connectivity index (χ4n) is 2.48. The van der Waals surface area contributed by atoms with E-state index in [4.69, 9.17) is 12.2 Å². The Morgan fingerprint density at radius 2 is 2.11 bits per heavy atom. The number of nitrogens with zero attached hydrogens (tertiary/aromatic N) is 1. The summed E-state index contributed by atoms with van der Waals surface area (Å²) in [6, 6.07) is 1.96. The minimum atomic E-state index is -3.13. The molecule has 3 rings (SSSR count). The van der Waals surface area contributed by atoms with Crippen molar-refractivity contribution >= 4 is 33.1 Å². The van der Waals surface area contributed by atoms with Crippen molar-refractivity contribution in [2.24, 2.45) is 0 Å². The van der Waals surface area contributed by atoms with Crippen molar-refractivity contribution in [1.82, 2.24) is 9.55 Å². The van der Waals surface area contributed by atoms with Crippen molar-refractivity contribution in [3.8, 4) is 0 Å². The average Bonchev–Trinajstić information content (AvgIpc) is 2.84. The number of nitrogens with one attached hydrogen (secondary N) is 1. The number of fused-ring (bicyclic) bond motifs is 1. The Morgan fingerprint density at radius 1 is 1.37 bits per heavy atom. The first kappa shape index (κ1) is 12.7. The summed E-state index contributed by atoms with van der Waals surface area (Å²) < 4.78 is 51.8. The lowest BCUT2D eigenvalue weighted by atomic mass is 10.2. The highest BCUT2D eigenvalue weighted by atomic mass is 32.2. The summed E-state index contributed by atoms with van der Waals surface area (Å²) in [5.74, 6) is -2.03. The van der Waals surface area contributed by atoms with Gasteiger partial charge in [-0.05, 0) is 30.8 Å². The predicted octanol–water partition coefficient (Wildman–Crippen LogP) is 2.34. The largest absolute Gasteiger partial charge is 0.330 e. The molecule has 1 aromatic carbocycles. The standard InChI is InChI=1S/C11H10F2N2O2S2/c12-7-1-2-8-10(9(7)13)15(11(18)14-8)6-3-4-19(16,17)5-6/h1-2,6H,3-5H2,(H,14,18). The number of benzene rings is 1. The van der Waals surface area contributed by atoms with Crippen molar-refractivity contribution in [1.29, 1.82) is 0 Å².